The second kappa shape index (κ2) is 13.0. The fourth-order valence-corrected chi connectivity index (χ4v) is 6.52. The highest BCUT2D eigenvalue weighted by atomic mass is 35.5. The summed E-state index contributed by atoms with van der Waals surface area (Å²) in [5, 5.41) is 22.0. The van der Waals surface area contributed by atoms with E-state index in [1.165, 1.54) is 26.6 Å². The van der Waals surface area contributed by atoms with Crippen LogP contribution in [0.15, 0.2) is 52.9 Å². The highest BCUT2D eigenvalue weighted by Crippen LogP contribution is 2.55. The summed E-state index contributed by atoms with van der Waals surface area (Å²) in [5.74, 6) is -2.59. The van der Waals surface area contributed by atoms with Gasteiger partial charge in [0.25, 0.3) is 0 Å². The van der Waals surface area contributed by atoms with Crippen molar-refractivity contribution in [3.05, 3.63) is 64.1 Å². The maximum absolute atomic E-state index is 14.2. The van der Waals surface area contributed by atoms with Crippen LogP contribution in [0.5, 0.6) is 17.2 Å². The van der Waals surface area contributed by atoms with E-state index in [-0.39, 0.29) is 64.5 Å². The van der Waals surface area contributed by atoms with E-state index >= 15 is 0 Å². The molecule has 1 aliphatic heterocycles. The Morgan fingerprint density at radius 1 is 1.22 bits per heavy atom. The fourth-order valence-electron chi connectivity index (χ4n) is 5.85. The Bertz CT molecular complexity index is 1680. The van der Waals surface area contributed by atoms with Gasteiger partial charge in [-0.15, -0.1) is 11.8 Å². The minimum Gasteiger partial charge on any atom is -0.507 e. The molecule has 2 aliphatic rings. The SMILES string of the molecule is COc1cc(OC)c2c(c1Cl)OC1(C2=O)C(O)=C(C(CC(=O)NCCNc2ncnn2C)c2ccc(SC)cc2)C(=O)CC1C. The van der Waals surface area contributed by atoms with Crippen LogP contribution in [-0.2, 0) is 16.6 Å². The highest BCUT2D eigenvalue weighted by molar-refractivity contribution is 7.98. The molecule has 3 N–H and O–H groups in total. The Balaban J connectivity index is 1.52. The second-order valence-electron chi connectivity index (χ2n) is 10.8. The smallest absolute Gasteiger partial charge is 0.231 e. The molecule has 1 aromatic heterocycles. The first-order valence-corrected chi connectivity index (χ1v) is 15.8. The predicted octanol–water partition coefficient (Wildman–Crippen LogP) is 4.34. The Morgan fingerprint density at radius 2 is 1.93 bits per heavy atom. The van der Waals surface area contributed by atoms with E-state index in [1.54, 1.807) is 30.4 Å². The van der Waals surface area contributed by atoms with Crippen molar-refractivity contribution < 1.29 is 33.7 Å². The van der Waals surface area contributed by atoms with Gasteiger partial charge in [-0.25, -0.2) is 4.68 Å². The molecule has 1 amide bonds. The zero-order valence-corrected chi connectivity index (χ0v) is 27.0. The molecule has 2 aromatic carbocycles. The van der Waals surface area contributed by atoms with Crippen molar-refractivity contribution in [3.8, 4) is 17.2 Å². The normalized spacial score (nSPS) is 19.7. The number of thioether (sulfide) groups is 1. The first-order valence-electron chi connectivity index (χ1n) is 14.2. The predicted molar refractivity (Wildman–Crippen MR) is 169 cm³/mol. The number of aryl methyl sites for hydroxylation is 1. The van der Waals surface area contributed by atoms with Crippen molar-refractivity contribution in [2.24, 2.45) is 13.0 Å². The summed E-state index contributed by atoms with van der Waals surface area (Å²) in [5.41, 5.74) is -1.34. The summed E-state index contributed by atoms with van der Waals surface area (Å²) in [4.78, 5) is 46.4. The van der Waals surface area contributed by atoms with Crippen molar-refractivity contribution in [2.75, 3.05) is 38.9 Å². The van der Waals surface area contributed by atoms with Gasteiger partial charge in [0.2, 0.25) is 23.2 Å². The number of anilines is 1. The van der Waals surface area contributed by atoms with Gasteiger partial charge in [-0.2, -0.15) is 10.1 Å². The maximum atomic E-state index is 14.2. The molecule has 12 nitrogen and oxygen atoms in total. The van der Waals surface area contributed by atoms with E-state index in [1.807, 2.05) is 30.5 Å². The lowest BCUT2D eigenvalue weighted by atomic mass is 9.69. The molecular weight excluding hydrogens is 622 g/mol. The molecule has 0 fully saturated rings. The molecular formula is C31H34ClN5O7S. The molecule has 1 spiro atoms. The number of allylic oxidation sites excluding steroid dienone is 1. The number of carbonyl (C=O) groups is 3. The molecule has 0 bridgehead atoms. The minimum absolute atomic E-state index is 0.000931. The molecule has 238 valence electrons. The van der Waals surface area contributed by atoms with Crippen LogP contribution in [0.25, 0.3) is 0 Å². The van der Waals surface area contributed by atoms with Crippen LogP contribution in [-0.4, -0.2) is 76.5 Å². The van der Waals surface area contributed by atoms with Gasteiger partial charge in [0.1, 0.15) is 28.4 Å². The van der Waals surface area contributed by atoms with Crippen LogP contribution in [0.4, 0.5) is 5.95 Å². The fraction of sp³-hybridized carbons (Fsp3) is 0.387. The number of halogens is 1. The average Bonchev–Trinajstić information content (AvgIpc) is 3.59. The van der Waals surface area contributed by atoms with Gasteiger partial charge >= 0.3 is 0 Å². The third kappa shape index (κ3) is 5.70. The molecule has 3 unspecified atom stereocenters. The van der Waals surface area contributed by atoms with E-state index in [0.29, 0.717) is 18.1 Å². The van der Waals surface area contributed by atoms with E-state index in [0.717, 1.165) is 4.90 Å². The molecule has 2 heterocycles. The third-order valence-electron chi connectivity index (χ3n) is 8.21. The zero-order chi connectivity index (χ0) is 32.5. The first-order chi connectivity index (χ1) is 21.6. The summed E-state index contributed by atoms with van der Waals surface area (Å²) in [7, 11) is 4.56. The van der Waals surface area contributed by atoms with Gasteiger partial charge < -0.3 is 30.0 Å². The zero-order valence-electron chi connectivity index (χ0n) is 25.5. The summed E-state index contributed by atoms with van der Waals surface area (Å²) in [6.07, 6.45) is 3.07. The number of amides is 1. The summed E-state index contributed by atoms with van der Waals surface area (Å²) in [6, 6.07) is 8.86. The summed E-state index contributed by atoms with van der Waals surface area (Å²) in [6.45, 7) is 2.30. The number of benzene rings is 2. The molecule has 0 radical (unpaired) electrons. The second-order valence-corrected chi connectivity index (χ2v) is 12.0. The van der Waals surface area contributed by atoms with E-state index in [4.69, 9.17) is 25.8 Å². The molecule has 0 saturated carbocycles. The lowest BCUT2D eigenvalue weighted by Crippen LogP contribution is -2.53. The number of carbonyl (C=O) groups excluding carboxylic acids is 3. The Labute approximate surface area is 269 Å². The summed E-state index contributed by atoms with van der Waals surface area (Å²) >= 11 is 8.12. The third-order valence-corrected chi connectivity index (χ3v) is 9.31. The van der Waals surface area contributed by atoms with Crippen LogP contribution in [0.2, 0.25) is 5.02 Å². The number of ketones is 2. The number of aromatic nitrogens is 3. The number of aliphatic hydroxyl groups excluding tert-OH is 1. The molecule has 45 heavy (non-hydrogen) atoms. The number of hydrogen-bond acceptors (Lipinski definition) is 11. The molecule has 1 aliphatic carbocycles. The highest BCUT2D eigenvalue weighted by Gasteiger charge is 2.61. The van der Waals surface area contributed by atoms with E-state index < -0.39 is 29.0 Å². The molecule has 5 rings (SSSR count). The molecule has 3 atom stereocenters. The number of aliphatic hydroxyl groups is 1. The molecule has 14 heteroatoms. The Morgan fingerprint density at radius 3 is 2.56 bits per heavy atom. The number of nitrogens with zero attached hydrogens (tertiary/aromatic N) is 3. The van der Waals surface area contributed by atoms with Crippen molar-refractivity contribution in [1.82, 2.24) is 20.1 Å². The van der Waals surface area contributed by atoms with Gasteiger partial charge in [0.15, 0.2) is 17.3 Å². The number of fused-ring (bicyclic) bond motifs is 1. The van der Waals surface area contributed by atoms with Crippen molar-refractivity contribution in [1.29, 1.82) is 0 Å². The Kier molecular flexibility index (Phi) is 9.31. The van der Waals surface area contributed by atoms with Gasteiger partial charge in [-0.05, 0) is 24.0 Å². The quantitative estimate of drug-likeness (QED) is 0.200. The summed E-state index contributed by atoms with van der Waals surface area (Å²) < 4.78 is 18.7. The van der Waals surface area contributed by atoms with Gasteiger partial charge in [0, 0.05) is 61.3 Å². The maximum Gasteiger partial charge on any atom is 0.231 e. The van der Waals surface area contributed by atoms with Crippen molar-refractivity contribution in [3.63, 3.8) is 0 Å². The van der Waals surface area contributed by atoms with Crippen LogP contribution >= 0.6 is 23.4 Å². The number of nitrogens with one attached hydrogen (secondary N) is 2. The monoisotopic (exact) mass is 655 g/mol. The number of ether oxygens (including phenoxy) is 3. The van der Waals surface area contributed by atoms with E-state index in [2.05, 4.69) is 20.7 Å². The standard InChI is InChI=1S/C31H34ClN5O7S/c1-16-12-20(38)24(28(40)31(16)29(41)25-21(42-3)14-22(43-4)26(32)27(25)44-31)19(17-6-8-18(45-5)9-7-17)13-23(39)33-10-11-34-30-35-15-36-37(30)2/h6-9,14-16,19,40H,10-13H2,1-5H3,(H,33,39)(H,34,35,36). The Hall–Kier alpha value is -4.23. The van der Waals surface area contributed by atoms with E-state index in [9.17, 15) is 19.5 Å². The van der Waals surface area contributed by atoms with Crippen molar-refractivity contribution in [2.45, 2.75) is 36.2 Å². The lowest BCUT2D eigenvalue weighted by Gasteiger charge is -2.38. The van der Waals surface area contributed by atoms with Gasteiger partial charge in [-0.1, -0.05) is 30.7 Å². The number of Topliss-reactive ketones (excluding diaryl/α,β-unsaturated/α-hetero) is 2. The topological polar surface area (TPSA) is 154 Å². The lowest BCUT2D eigenvalue weighted by molar-refractivity contribution is -0.121. The van der Waals surface area contributed by atoms with Crippen LogP contribution in [0.1, 0.15) is 41.6 Å². The number of methoxy groups -OCH3 is 2. The van der Waals surface area contributed by atoms with Gasteiger partial charge in [-0.3, -0.25) is 14.4 Å². The number of hydrogen-bond donors (Lipinski definition) is 3. The van der Waals surface area contributed by atoms with Crippen LogP contribution in [0.3, 0.4) is 0 Å². The van der Waals surface area contributed by atoms with Gasteiger partial charge in [0.05, 0.1) is 14.2 Å². The molecule has 3 aromatic rings. The van der Waals surface area contributed by atoms with Crippen molar-refractivity contribution >= 4 is 46.8 Å². The minimum atomic E-state index is -1.96. The average molecular weight is 656 g/mol. The first kappa shape index (κ1) is 32.2. The van der Waals surface area contributed by atoms with Crippen LogP contribution in [0, 0.1) is 5.92 Å². The number of rotatable bonds is 11. The largest absolute Gasteiger partial charge is 0.507 e. The van der Waals surface area contributed by atoms with Crippen LogP contribution < -0.4 is 24.8 Å². The molecule has 0 saturated heterocycles.